The van der Waals surface area contributed by atoms with Crippen LogP contribution in [-0.2, 0) is 16.0 Å². The zero-order valence-electron chi connectivity index (χ0n) is 21.6. The monoisotopic (exact) mass is 526 g/mol. The van der Waals surface area contributed by atoms with Crippen LogP contribution in [0.15, 0.2) is 65.6 Å². The molecule has 39 heavy (non-hydrogen) atoms. The molecule has 9 nitrogen and oxygen atoms in total. The Balaban J connectivity index is 1.30. The van der Waals surface area contributed by atoms with Crippen molar-refractivity contribution in [3.05, 3.63) is 72.3 Å². The maximum Gasteiger partial charge on any atom is 0.328 e. The van der Waals surface area contributed by atoms with E-state index in [1.54, 1.807) is 49.1 Å². The lowest BCUT2D eigenvalue weighted by Gasteiger charge is -2.25. The normalized spacial score (nSPS) is 15.0. The van der Waals surface area contributed by atoms with Crippen molar-refractivity contribution in [3.63, 3.8) is 0 Å². The van der Waals surface area contributed by atoms with E-state index in [1.165, 1.54) is 26.4 Å². The average Bonchev–Trinajstić information content (AvgIpc) is 3.71. The predicted octanol–water partition coefficient (Wildman–Crippen LogP) is 5.50. The Morgan fingerprint density at radius 2 is 2.03 bits per heavy atom. The van der Waals surface area contributed by atoms with Crippen molar-refractivity contribution in [1.82, 2.24) is 19.9 Å². The number of esters is 1. The highest BCUT2D eigenvalue weighted by molar-refractivity contribution is 6.00. The number of hydrogen-bond donors (Lipinski definition) is 3. The Labute approximate surface area is 224 Å². The number of aromatic amines is 1. The van der Waals surface area contributed by atoms with Gasteiger partial charge in [0.1, 0.15) is 23.9 Å². The molecule has 1 atom stereocenters. The van der Waals surface area contributed by atoms with Crippen LogP contribution in [0, 0.1) is 0 Å². The molecule has 0 unspecified atom stereocenters. The summed E-state index contributed by atoms with van der Waals surface area (Å²) >= 11 is 0. The molecule has 6 rings (SSSR count). The van der Waals surface area contributed by atoms with Gasteiger partial charge in [0.2, 0.25) is 0 Å². The molecule has 0 bridgehead atoms. The average molecular weight is 527 g/mol. The number of furan rings is 1. The van der Waals surface area contributed by atoms with Gasteiger partial charge in [0, 0.05) is 35.1 Å². The molecule has 1 aliphatic carbocycles. The molecule has 200 valence electrons. The van der Waals surface area contributed by atoms with Crippen molar-refractivity contribution in [2.75, 3.05) is 7.11 Å². The molecule has 1 amide bonds. The van der Waals surface area contributed by atoms with Crippen LogP contribution in [-0.4, -0.2) is 44.7 Å². The molecule has 3 heterocycles. The lowest BCUT2D eigenvalue weighted by molar-refractivity contribution is -0.142. The second-order valence-corrected chi connectivity index (χ2v) is 10.1. The van der Waals surface area contributed by atoms with E-state index in [1.807, 2.05) is 12.1 Å². The fourth-order valence-corrected chi connectivity index (χ4v) is 5.68. The van der Waals surface area contributed by atoms with Crippen molar-refractivity contribution in [1.29, 1.82) is 0 Å². The number of nitrogens with one attached hydrogen (secondary N) is 2. The minimum atomic E-state index is -0.916. The summed E-state index contributed by atoms with van der Waals surface area (Å²) in [6.07, 6.45) is 11.1. The number of aromatic hydroxyl groups is 1. The van der Waals surface area contributed by atoms with Gasteiger partial charge in [0.05, 0.1) is 30.0 Å². The van der Waals surface area contributed by atoms with E-state index in [9.17, 15) is 14.7 Å². The number of nitrogens with zero attached hydrogens (tertiary/aromatic N) is 2. The number of ether oxygens (including phenoxy) is 1. The first-order chi connectivity index (χ1) is 19.0. The first-order valence-electron chi connectivity index (χ1n) is 13.2. The van der Waals surface area contributed by atoms with Gasteiger partial charge in [0.25, 0.3) is 5.91 Å². The summed E-state index contributed by atoms with van der Waals surface area (Å²) < 4.78 is 12.6. The molecule has 5 aromatic rings. The topological polar surface area (TPSA) is 122 Å². The first-order valence-corrected chi connectivity index (χ1v) is 13.2. The van der Waals surface area contributed by atoms with Crippen molar-refractivity contribution in [2.45, 2.75) is 50.6 Å². The molecule has 0 aliphatic heterocycles. The van der Waals surface area contributed by atoms with E-state index in [0.29, 0.717) is 17.1 Å². The number of fused-ring (bicyclic) bond motifs is 2. The van der Waals surface area contributed by atoms with Crippen LogP contribution < -0.4 is 5.32 Å². The number of hydrogen-bond acceptors (Lipinski definition) is 6. The molecule has 1 aliphatic rings. The third kappa shape index (κ3) is 4.76. The van der Waals surface area contributed by atoms with Crippen LogP contribution in [0.3, 0.4) is 0 Å². The van der Waals surface area contributed by atoms with Crippen molar-refractivity contribution >= 4 is 33.8 Å². The van der Waals surface area contributed by atoms with Gasteiger partial charge in [-0.25, -0.2) is 9.78 Å². The van der Waals surface area contributed by atoms with E-state index in [-0.39, 0.29) is 12.2 Å². The number of imidazole rings is 1. The minimum Gasteiger partial charge on any atom is -0.508 e. The van der Waals surface area contributed by atoms with Crippen LogP contribution in [0.25, 0.3) is 33.3 Å². The summed E-state index contributed by atoms with van der Waals surface area (Å²) in [6, 6.07) is 11.8. The fraction of sp³-hybridized carbons (Fsp3) is 0.300. The van der Waals surface area contributed by atoms with Gasteiger partial charge in [0.15, 0.2) is 0 Å². The summed E-state index contributed by atoms with van der Waals surface area (Å²) in [6.45, 7) is 0. The standard InChI is InChI=1S/C30H30N4O5/c1-38-30(37)26(14-20-16-31-24-9-8-22(35)15-23(20)24)33-29(36)18-7-10-27-25(13-18)32-28(19-11-12-39-17-19)34(27)21-5-3-2-4-6-21/h7-13,15-17,21,26,31,35H,2-6,14H2,1H3,(H,33,36)/t26-/m1/s1. The van der Waals surface area contributed by atoms with Crippen molar-refractivity contribution in [2.24, 2.45) is 0 Å². The summed E-state index contributed by atoms with van der Waals surface area (Å²) in [5, 5.41) is 13.5. The van der Waals surface area contributed by atoms with Gasteiger partial charge in [-0.3, -0.25) is 4.79 Å². The number of methoxy groups -OCH3 is 1. The first kappa shape index (κ1) is 24.8. The van der Waals surface area contributed by atoms with Gasteiger partial charge in [-0.1, -0.05) is 19.3 Å². The van der Waals surface area contributed by atoms with Gasteiger partial charge in [-0.05, 0) is 60.9 Å². The number of carbonyl (C=O) groups excluding carboxylic acids is 2. The number of amides is 1. The van der Waals surface area contributed by atoms with Crippen LogP contribution in [0.4, 0.5) is 0 Å². The fourth-order valence-electron chi connectivity index (χ4n) is 5.68. The number of carbonyl (C=O) groups is 2. The van der Waals surface area contributed by atoms with Gasteiger partial charge >= 0.3 is 5.97 Å². The summed E-state index contributed by atoms with van der Waals surface area (Å²) in [5.74, 6) is 0.00538. The van der Waals surface area contributed by atoms with E-state index in [2.05, 4.69) is 14.9 Å². The highest BCUT2D eigenvalue weighted by atomic mass is 16.5. The predicted molar refractivity (Wildman–Crippen MR) is 146 cm³/mol. The SMILES string of the molecule is COC(=O)[C@@H](Cc1c[nH]c2ccc(O)cc12)NC(=O)c1ccc2c(c1)nc(-c1ccoc1)n2C1CCCCC1. The number of aromatic nitrogens is 3. The third-order valence-electron chi connectivity index (χ3n) is 7.64. The Kier molecular flexibility index (Phi) is 6.56. The summed E-state index contributed by atoms with van der Waals surface area (Å²) in [4.78, 5) is 34.1. The Hall–Kier alpha value is -4.53. The molecular weight excluding hydrogens is 496 g/mol. The van der Waals surface area contributed by atoms with Crippen LogP contribution in [0.5, 0.6) is 5.75 Å². The van der Waals surface area contributed by atoms with E-state index in [0.717, 1.165) is 46.2 Å². The Morgan fingerprint density at radius 3 is 2.79 bits per heavy atom. The second-order valence-electron chi connectivity index (χ2n) is 10.1. The van der Waals surface area contributed by atoms with E-state index < -0.39 is 17.9 Å². The molecule has 1 fully saturated rings. The summed E-state index contributed by atoms with van der Waals surface area (Å²) in [5.41, 5.74) is 4.59. The molecule has 0 saturated heterocycles. The quantitative estimate of drug-likeness (QED) is 0.241. The number of H-pyrrole nitrogens is 1. The molecule has 3 aromatic heterocycles. The van der Waals surface area contributed by atoms with Gasteiger partial charge in [-0.2, -0.15) is 0 Å². The largest absolute Gasteiger partial charge is 0.508 e. The van der Waals surface area contributed by atoms with Gasteiger partial charge in [-0.15, -0.1) is 0 Å². The smallest absolute Gasteiger partial charge is 0.328 e. The zero-order chi connectivity index (χ0) is 26.9. The number of phenols is 1. The molecule has 0 radical (unpaired) electrons. The number of rotatable bonds is 7. The van der Waals surface area contributed by atoms with E-state index in [4.69, 9.17) is 14.1 Å². The van der Waals surface area contributed by atoms with E-state index >= 15 is 0 Å². The second kappa shape index (κ2) is 10.3. The highest BCUT2D eigenvalue weighted by Crippen LogP contribution is 2.36. The lowest BCUT2D eigenvalue weighted by atomic mass is 9.95. The van der Waals surface area contributed by atoms with Gasteiger partial charge < -0.3 is 29.1 Å². The maximum absolute atomic E-state index is 13.4. The van der Waals surface area contributed by atoms with Crippen LogP contribution >= 0.6 is 0 Å². The zero-order valence-corrected chi connectivity index (χ0v) is 21.6. The molecule has 3 N–H and O–H groups in total. The number of phenolic OH excluding ortho intramolecular Hbond substituents is 1. The molecule has 0 spiro atoms. The highest BCUT2D eigenvalue weighted by Gasteiger charge is 2.26. The third-order valence-corrected chi connectivity index (χ3v) is 7.64. The lowest BCUT2D eigenvalue weighted by Crippen LogP contribution is -2.43. The molecular formula is C30H30N4O5. The Bertz CT molecular complexity index is 1640. The van der Waals surface area contributed by atoms with Crippen LogP contribution in [0.2, 0.25) is 0 Å². The Morgan fingerprint density at radius 1 is 1.18 bits per heavy atom. The maximum atomic E-state index is 13.4. The molecule has 2 aromatic carbocycles. The van der Waals surface area contributed by atoms with Crippen molar-refractivity contribution in [3.8, 4) is 17.1 Å². The molecule has 9 heteroatoms. The number of benzene rings is 2. The summed E-state index contributed by atoms with van der Waals surface area (Å²) in [7, 11) is 1.30. The van der Waals surface area contributed by atoms with Crippen molar-refractivity contribution < 1.29 is 23.8 Å². The van der Waals surface area contributed by atoms with Crippen LogP contribution in [0.1, 0.15) is 54.1 Å². The molecule has 1 saturated carbocycles. The minimum absolute atomic E-state index is 0.123.